The van der Waals surface area contributed by atoms with Crippen molar-refractivity contribution < 1.29 is 19.0 Å². The van der Waals surface area contributed by atoms with E-state index in [-0.39, 0.29) is 11.3 Å². The molecule has 1 atom stereocenters. The van der Waals surface area contributed by atoms with Crippen LogP contribution in [0.3, 0.4) is 0 Å². The van der Waals surface area contributed by atoms with Gasteiger partial charge < -0.3 is 19.5 Å². The van der Waals surface area contributed by atoms with Crippen molar-refractivity contribution >= 4 is 34.1 Å². The second kappa shape index (κ2) is 11.0. The number of carbonyl (C=O) groups is 1. The summed E-state index contributed by atoms with van der Waals surface area (Å²) in [6, 6.07) is 11.4. The van der Waals surface area contributed by atoms with Crippen LogP contribution in [0, 0.1) is 18.3 Å². The Morgan fingerprint density at radius 3 is 2.38 bits per heavy atom. The number of hydrogen-bond acceptors (Lipinski definition) is 6. The lowest BCUT2D eigenvalue weighted by atomic mass is 9.72. The summed E-state index contributed by atoms with van der Waals surface area (Å²) in [6.07, 6.45) is 4.64. The van der Waals surface area contributed by atoms with Crippen LogP contribution in [-0.4, -0.2) is 33.5 Å². The largest absolute Gasteiger partial charge is 0.496 e. The van der Waals surface area contributed by atoms with Crippen molar-refractivity contribution in [2.75, 3.05) is 26.6 Å². The molecule has 196 valence electrons. The standard InChI is InChI=1S/C30H36N2O4S/c1-18-10-8-9-11-22(18)32-28(33)27-21-13-12-20(30(2,3)4)15-26(21)37-29(27)31-17-19-14-24(35-6)25(36-7)16-23(19)34-5/h8-11,14,16-17,20H,12-13,15H2,1-7H3,(H,32,33)/t20-/m1/s1. The number of nitrogens with one attached hydrogen (secondary N) is 1. The van der Waals surface area contributed by atoms with Gasteiger partial charge in [0.05, 0.1) is 26.9 Å². The van der Waals surface area contributed by atoms with Gasteiger partial charge in [-0.15, -0.1) is 11.3 Å². The van der Waals surface area contributed by atoms with Crippen LogP contribution in [0.15, 0.2) is 41.4 Å². The first kappa shape index (κ1) is 26.7. The van der Waals surface area contributed by atoms with Gasteiger partial charge in [0.1, 0.15) is 10.8 Å². The molecule has 7 heteroatoms. The van der Waals surface area contributed by atoms with Crippen LogP contribution in [0.4, 0.5) is 10.7 Å². The number of carbonyl (C=O) groups excluding carboxylic acids is 1. The number of nitrogens with zero attached hydrogens (tertiary/aromatic N) is 1. The number of anilines is 1. The van der Waals surface area contributed by atoms with E-state index in [0.717, 1.165) is 41.6 Å². The van der Waals surface area contributed by atoms with Crippen molar-refractivity contribution in [1.82, 2.24) is 0 Å². The highest BCUT2D eigenvalue weighted by atomic mass is 32.1. The first-order valence-corrected chi connectivity index (χ1v) is 13.3. The predicted octanol–water partition coefficient (Wildman–Crippen LogP) is 7.24. The van der Waals surface area contributed by atoms with Crippen LogP contribution >= 0.6 is 11.3 Å². The molecule has 0 fully saturated rings. The number of methoxy groups -OCH3 is 3. The Morgan fingerprint density at radius 2 is 1.73 bits per heavy atom. The summed E-state index contributed by atoms with van der Waals surface area (Å²) in [5.74, 6) is 2.22. The van der Waals surface area contributed by atoms with E-state index >= 15 is 0 Å². The fourth-order valence-corrected chi connectivity index (χ4v) is 6.08. The van der Waals surface area contributed by atoms with E-state index in [1.165, 1.54) is 4.88 Å². The summed E-state index contributed by atoms with van der Waals surface area (Å²) in [4.78, 5) is 19.8. The van der Waals surface area contributed by atoms with Gasteiger partial charge in [0, 0.05) is 28.4 Å². The van der Waals surface area contributed by atoms with Crippen molar-refractivity contribution in [2.24, 2.45) is 16.3 Å². The van der Waals surface area contributed by atoms with Crippen molar-refractivity contribution in [2.45, 2.75) is 47.0 Å². The van der Waals surface area contributed by atoms with E-state index in [1.807, 2.05) is 37.3 Å². The Labute approximate surface area is 223 Å². The number of hydrogen-bond donors (Lipinski definition) is 1. The number of aryl methyl sites for hydroxylation is 1. The Hall–Kier alpha value is -3.32. The average molecular weight is 521 g/mol. The van der Waals surface area contributed by atoms with E-state index in [9.17, 15) is 4.79 Å². The Bertz CT molecular complexity index is 1320. The molecule has 1 aromatic heterocycles. The maximum absolute atomic E-state index is 13.7. The SMILES string of the molecule is COc1cc(OC)c(OC)cc1C=Nc1sc2c(c1C(=O)Nc1ccccc1C)CC[C@@H](C(C)(C)C)C2. The van der Waals surface area contributed by atoms with Crippen molar-refractivity contribution in [3.8, 4) is 17.2 Å². The molecule has 6 nitrogen and oxygen atoms in total. The third kappa shape index (κ3) is 5.67. The van der Waals surface area contributed by atoms with E-state index in [4.69, 9.17) is 19.2 Å². The minimum Gasteiger partial charge on any atom is -0.496 e. The normalized spacial score (nSPS) is 15.4. The zero-order valence-corrected chi connectivity index (χ0v) is 23.5. The Morgan fingerprint density at radius 1 is 1.05 bits per heavy atom. The number of ether oxygens (including phenoxy) is 3. The van der Waals surface area contributed by atoms with Gasteiger partial charge in [0.15, 0.2) is 11.5 Å². The molecule has 1 heterocycles. The van der Waals surface area contributed by atoms with Crippen molar-refractivity contribution in [3.05, 3.63) is 63.5 Å². The van der Waals surface area contributed by atoms with Gasteiger partial charge in [-0.05, 0) is 60.8 Å². The Balaban J connectivity index is 1.76. The third-order valence-electron chi connectivity index (χ3n) is 7.15. The summed E-state index contributed by atoms with van der Waals surface area (Å²) >= 11 is 1.62. The average Bonchev–Trinajstić information content (AvgIpc) is 3.25. The lowest BCUT2D eigenvalue weighted by Gasteiger charge is -2.33. The van der Waals surface area contributed by atoms with Crippen molar-refractivity contribution in [1.29, 1.82) is 0 Å². The maximum Gasteiger partial charge on any atom is 0.259 e. The van der Waals surface area contributed by atoms with Gasteiger partial charge in [-0.1, -0.05) is 39.0 Å². The molecule has 0 spiro atoms. The molecule has 0 unspecified atom stereocenters. The second-order valence-corrected chi connectivity index (χ2v) is 11.5. The predicted molar refractivity (Wildman–Crippen MR) is 152 cm³/mol. The van der Waals surface area contributed by atoms with Gasteiger partial charge >= 0.3 is 0 Å². The van der Waals surface area contributed by atoms with Gasteiger partial charge in [0.2, 0.25) is 0 Å². The van der Waals surface area contributed by atoms with Gasteiger partial charge in [0.25, 0.3) is 5.91 Å². The maximum atomic E-state index is 13.7. The smallest absolute Gasteiger partial charge is 0.259 e. The number of benzene rings is 2. The molecule has 0 radical (unpaired) electrons. The first-order chi connectivity index (χ1) is 17.7. The third-order valence-corrected chi connectivity index (χ3v) is 8.31. The monoisotopic (exact) mass is 520 g/mol. The lowest BCUT2D eigenvalue weighted by molar-refractivity contribution is 0.102. The number of amides is 1. The van der Waals surface area contributed by atoms with Crippen LogP contribution in [0.2, 0.25) is 0 Å². The van der Waals surface area contributed by atoms with Crippen LogP contribution in [-0.2, 0) is 12.8 Å². The molecule has 3 aromatic rings. The highest BCUT2D eigenvalue weighted by Crippen LogP contribution is 2.45. The second-order valence-electron chi connectivity index (χ2n) is 10.5. The quantitative estimate of drug-likeness (QED) is 0.334. The highest BCUT2D eigenvalue weighted by Gasteiger charge is 2.33. The summed E-state index contributed by atoms with van der Waals surface area (Å²) in [7, 11) is 4.79. The van der Waals surface area contributed by atoms with E-state index in [1.54, 1.807) is 44.9 Å². The fourth-order valence-electron chi connectivity index (χ4n) is 4.82. The molecular formula is C30H36N2O4S. The molecule has 0 saturated carbocycles. The zero-order chi connectivity index (χ0) is 26.7. The van der Waals surface area contributed by atoms with Crippen LogP contribution < -0.4 is 19.5 Å². The fraction of sp³-hybridized carbons (Fsp3) is 0.400. The highest BCUT2D eigenvalue weighted by molar-refractivity contribution is 7.16. The van der Waals surface area contributed by atoms with Crippen LogP contribution in [0.1, 0.15) is 59.1 Å². The molecule has 1 aliphatic carbocycles. The summed E-state index contributed by atoms with van der Waals surface area (Å²) in [5.41, 5.74) is 4.58. The molecule has 1 amide bonds. The van der Waals surface area contributed by atoms with Crippen molar-refractivity contribution in [3.63, 3.8) is 0 Å². The van der Waals surface area contributed by atoms with Gasteiger partial charge in [-0.25, -0.2) is 4.99 Å². The topological polar surface area (TPSA) is 69.1 Å². The molecular weight excluding hydrogens is 484 g/mol. The molecule has 2 aromatic carbocycles. The minimum atomic E-state index is -0.118. The summed E-state index contributed by atoms with van der Waals surface area (Å²) in [5, 5.41) is 3.84. The number of fused-ring (bicyclic) bond motifs is 1. The minimum absolute atomic E-state index is 0.118. The summed E-state index contributed by atoms with van der Waals surface area (Å²) < 4.78 is 16.5. The summed E-state index contributed by atoms with van der Waals surface area (Å²) in [6.45, 7) is 8.88. The van der Waals surface area contributed by atoms with E-state index < -0.39 is 0 Å². The molecule has 4 rings (SSSR count). The van der Waals surface area contributed by atoms with E-state index in [0.29, 0.717) is 33.7 Å². The lowest BCUT2D eigenvalue weighted by Crippen LogP contribution is -2.27. The van der Waals surface area contributed by atoms with E-state index in [2.05, 4.69) is 26.1 Å². The van der Waals surface area contributed by atoms with Gasteiger partial charge in [-0.2, -0.15) is 0 Å². The number of aliphatic imine (C=N–C) groups is 1. The number of rotatable bonds is 7. The Kier molecular flexibility index (Phi) is 7.93. The molecule has 0 aliphatic heterocycles. The van der Waals surface area contributed by atoms with Crippen LogP contribution in [0.25, 0.3) is 0 Å². The van der Waals surface area contributed by atoms with Gasteiger partial charge in [-0.3, -0.25) is 4.79 Å². The molecule has 0 saturated heterocycles. The number of para-hydroxylation sites is 1. The molecule has 1 aliphatic rings. The molecule has 37 heavy (non-hydrogen) atoms. The zero-order valence-electron chi connectivity index (χ0n) is 22.7. The molecule has 1 N–H and O–H groups in total. The molecule has 0 bridgehead atoms. The van der Waals surface area contributed by atoms with Crippen LogP contribution in [0.5, 0.6) is 17.2 Å². The number of thiophene rings is 1. The first-order valence-electron chi connectivity index (χ1n) is 12.5.